The number of carbonyl (C=O) groups excluding carboxylic acids is 1. The van der Waals surface area contributed by atoms with Gasteiger partial charge in [0.15, 0.2) is 5.11 Å². The molecule has 1 heterocycles. The van der Waals surface area contributed by atoms with Gasteiger partial charge in [0.2, 0.25) is 5.91 Å². The molecule has 0 unspecified atom stereocenters. The van der Waals surface area contributed by atoms with Gasteiger partial charge in [-0.3, -0.25) is 10.1 Å². The highest BCUT2D eigenvalue weighted by atomic mass is 35.5. The summed E-state index contributed by atoms with van der Waals surface area (Å²) in [6.45, 7) is 0. The molecule has 0 aliphatic rings. The molecule has 28 heavy (non-hydrogen) atoms. The van der Waals surface area contributed by atoms with Gasteiger partial charge in [0.25, 0.3) is 0 Å². The van der Waals surface area contributed by atoms with Crippen LogP contribution in [0.1, 0.15) is 5.56 Å². The maximum atomic E-state index is 12.0. The smallest absolute Gasteiger partial charge is 0.250 e. The molecule has 0 atom stereocenters. The molecule has 4 nitrogen and oxygen atoms in total. The first-order chi connectivity index (χ1) is 13.6. The minimum Gasteiger partial charge on any atom is -0.456 e. The zero-order valence-electron chi connectivity index (χ0n) is 14.6. The van der Waals surface area contributed by atoms with Gasteiger partial charge in [0.05, 0.1) is 0 Å². The third-order valence-electron chi connectivity index (χ3n) is 4.17. The fraction of sp³-hybridized carbons (Fsp3) is 0. The maximum Gasteiger partial charge on any atom is 0.250 e. The van der Waals surface area contributed by atoms with Crippen LogP contribution in [-0.4, -0.2) is 11.0 Å². The lowest BCUT2D eigenvalue weighted by molar-refractivity contribution is -0.115. The Morgan fingerprint density at radius 2 is 1.71 bits per heavy atom. The molecule has 1 aromatic heterocycles. The average Bonchev–Trinajstić information content (AvgIpc) is 3.05. The quantitative estimate of drug-likeness (QED) is 0.335. The fourth-order valence-corrected chi connectivity index (χ4v) is 3.21. The van der Waals surface area contributed by atoms with Gasteiger partial charge in [-0.15, -0.1) is 0 Å². The molecule has 0 radical (unpaired) electrons. The van der Waals surface area contributed by atoms with Crippen LogP contribution in [0.5, 0.6) is 0 Å². The van der Waals surface area contributed by atoms with Crippen molar-refractivity contribution in [2.75, 3.05) is 5.32 Å². The van der Waals surface area contributed by atoms with Gasteiger partial charge in [-0.25, -0.2) is 0 Å². The molecule has 4 aromatic rings. The van der Waals surface area contributed by atoms with Crippen LogP contribution in [0.15, 0.2) is 77.2 Å². The highest BCUT2D eigenvalue weighted by Gasteiger charge is 2.08. The van der Waals surface area contributed by atoms with Gasteiger partial charge in [-0.05, 0) is 54.2 Å². The predicted octanol–water partition coefficient (Wildman–Crippen LogP) is 5.77. The first-order valence-electron chi connectivity index (χ1n) is 8.55. The predicted molar refractivity (Wildman–Crippen MR) is 119 cm³/mol. The summed E-state index contributed by atoms with van der Waals surface area (Å²) in [6.07, 6.45) is 3.11. The molecule has 3 aromatic carbocycles. The molecule has 1 amide bonds. The van der Waals surface area contributed by atoms with Crippen LogP contribution < -0.4 is 10.6 Å². The lowest BCUT2D eigenvalue weighted by Crippen LogP contribution is -2.32. The van der Waals surface area contributed by atoms with Crippen molar-refractivity contribution in [3.05, 3.63) is 83.4 Å². The summed E-state index contributed by atoms with van der Waals surface area (Å²) in [5.41, 5.74) is 3.19. The standard InChI is InChI=1S/C22H15ClN2O2S/c23-15-8-5-14(6-9-15)7-12-21(26)25-22(28)24-16-10-11-18-17-3-1-2-4-19(17)27-20(18)13-16/h1-13H,(H2,24,25,26,28). The second kappa shape index (κ2) is 7.84. The zero-order valence-corrected chi connectivity index (χ0v) is 16.2. The molecule has 138 valence electrons. The Morgan fingerprint density at radius 1 is 0.964 bits per heavy atom. The second-order valence-corrected chi connectivity index (χ2v) is 6.98. The van der Waals surface area contributed by atoms with Gasteiger partial charge in [0, 0.05) is 33.6 Å². The number of fused-ring (bicyclic) bond motifs is 3. The number of halogens is 1. The Kier molecular flexibility index (Phi) is 5.10. The first kappa shape index (κ1) is 18.2. The summed E-state index contributed by atoms with van der Waals surface area (Å²) in [5.74, 6) is -0.322. The number of rotatable bonds is 3. The SMILES string of the molecule is O=C(C=Cc1ccc(Cl)cc1)NC(=S)Nc1ccc2c(c1)oc1ccccc12. The van der Waals surface area contributed by atoms with Gasteiger partial charge in [-0.2, -0.15) is 0 Å². The molecule has 0 bridgehead atoms. The number of nitrogens with one attached hydrogen (secondary N) is 2. The van der Waals surface area contributed by atoms with E-state index in [1.54, 1.807) is 18.2 Å². The minimum absolute atomic E-state index is 0.209. The van der Waals surface area contributed by atoms with Crippen molar-refractivity contribution >= 4 is 68.5 Å². The Labute approximate surface area is 171 Å². The third-order valence-corrected chi connectivity index (χ3v) is 4.63. The van der Waals surface area contributed by atoms with E-state index in [1.165, 1.54) is 6.08 Å². The van der Waals surface area contributed by atoms with Crippen molar-refractivity contribution in [1.29, 1.82) is 0 Å². The number of anilines is 1. The number of hydrogen-bond donors (Lipinski definition) is 2. The van der Waals surface area contributed by atoms with E-state index in [1.807, 2.05) is 54.6 Å². The zero-order chi connectivity index (χ0) is 19.5. The van der Waals surface area contributed by atoms with Gasteiger partial charge in [0.1, 0.15) is 11.2 Å². The van der Waals surface area contributed by atoms with E-state index in [0.29, 0.717) is 5.02 Å². The highest BCUT2D eigenvalue weighted by Crippen LogP contribution is 2.30. The van der Waals surface area contributed by atoms with E-state index in [4.69, 9.17) is 28.2 Å². The van der Waals surface area contributed by atoms with Crippen LogP contribution in [0.4, 0.5) is 5.69 Å². The summed E-state index contributed by atoms with van der Waals surface area (Å²) in [4.78, 5) is 12.0. The van der Waals surface area contributed by atoms with E-state index in [9.17, 15) is 4.79 Å². The second-order valence-electron chi connectivity index (χ2n) is 6.14. The van der Waals surface area contributed by atoms with E-state index < -0.39 is 0 Å². The number of thiocarbonyl (C=S) groups is 1. The molecule has 0 aliphatic heterocycles. The highest BCUT2D eigenvalue weighted by molar-refractivity contribution is 7.80. The number of furan rings is 1. The van der Waals surface area contributed by atoms with Crippen LogP contribution >= 0.6 is 23.8 Å². The number of hydrogen-bond acceptors (Lipinski definition) is 3. The van der Waals surface area contributed by atoms with Crippen molar-refractivity contribution in [2.24, 2.45) is 0 Å². The number of benzene rings is 3. The largest absolute Gasteiger partial charge is 0.456 e. The van der Waals surface area contributed by atoms with Gasteiger partial charge in [-0.1, -0.05) is 41.9 Å². The van der Waals surface area contributed by atoms with E-state index in [-0.39, 0.29) is 11.0 Å². The average molecular weight is 407 g/mol. The monoisotopic (exact) mass is 406 g/mol. The molecular weight excluding hydrogens is 392 g/mol. The molecule has 0 fully saturated rings. The molecule has 2 N–H and O–H groups in total. The van der Waals surface area contributed by atoms with Gasteiger partial charge >= 0.3 is 0 Å². The summed E-state index contributed by atoms with van der Waals surface area (Å²) in [7, 11) is 0. The molecule has 4 rings (SSSR count). The fourth-order valence-electron chi connectivity index (χ4n) is 2.87. The van der Waals surface area contributed by atoms with Crippen molar-refractivity contribution < 1.29 is 9.21 Å². The summed E-state index contributed by atoms with van der Waals surface area (Å²) >= 11 is 11.1. The van der Waals surface area contributed by atoms with E-state index >= 15 is 0 Å². The van der Waals surface area contributed by atoms with Crippen LogP contribution in [0, 0.1) is 0 Å². The lowest BCUT2D eigenvalue weighted by Gasteiger charge is -2.08. The number of para-hydroxylation sites is 1. The van der Waals surface area contributed by atoms with Gasteiger partial charge < -0.3 is 9.73 Å². The van der Waals surface area contributed by atoms with Crippen molar-refractivity contribution in [3.63, 3.8) is 0 Å². The molecule has 0 spiro atoms. The Balaban J connectivity index is 1.42. The Morgan fingerprint density at radius 3 is 2.54 bits per heavy atom. The molecule has 0 saturated heterocycles. The maximum absolute atomic E-state index is 12.0. The summed E-state index contributed by atoms with van der Waals surface area (Å²) < 4.78 is 5.86. The normalized spacial score (nSPS) is 11.2. The Hall–Kier alpha value is -3.15. The molecular formula is C22H15ClN2O2S. The van der Waals surface area contributed by atoms with Crippen LogP contribution in [0.3, 0.4) is 0 Å². The number of amides is 1. The summed E-state index contributed by atoms with van der Waals surface area (Å²) in [5, 5.41) is 8.57. The molecule has 0 saturated carbocycles. The van der Waals surface area contributed by atoms with E-state index in [2.05, 4.69) is 10.6 Å². The molecule has 0 aliphatic carbocycles. The van der Waals surface area contributed by atoms with E-state index in [0.717, 1.165) is 33.2 Å². The summed E-state index contributed by atoms with van der Waals surface area (Å²) in [6, 6.07) is 20.8. The third kappa shape index (κ3) is 4.06. The Bertz CT molecular complexity index is 1210. The molecule has 6 heteroatoms. The first-order valence-corrected chi connectivity index (χ1v) is 9.34. The van der Waals surface area contributed by atoms with Crippen molar-refractivity contribution in [1.82, 2.24) is 5.32 Å². The minimum atomic E-state index is -0.322. The topological polar surface area (TPSA) is 54.3 Å². The number of carbonyl (C=O) groups is 1. The van der Waals surface area contributed by atoms with Crippen LogP contribution in [0.25, 0.3) is 28.0 Å². The lowest BCUT2D eigenvalue weighted by atomic mass is 10.1. The van der Waals surface area contributed by atoms with Crippen molar-refractivity contribution in [3.8, 4) is 0 Å². The van der Waals surface area contributed by atoms with Crippen LogP contribution in [-0.2, 0) is 4.79 Å². The van der Waals surface area contributed by atoms with Crippen molar-refractivity contribution in [2.45, 2.75) is 0 Å². The van der Waals surface area contributed by atoms with Crippen LogP contribution in [0.2, 0.25) is 5.02 Å².